The Hall–Kier alpha value is -3.57. The van der Waals surface area contributed by atoms with E-state index >= 15 is 0 Å². The smallest absolute Gasteiger partial charge is 0.236 e. The molecule has 11 nitrogen and oxygen atoms in total. The van der Waals surface area contributed by atoms with E-state index in [1.54, 1.807) is 16.2 Å². The third kappa shape index (κ3) is 4.92. The van der Waals surface area contributed by atoms with Crippen LogP contribution in [0.25, 0.3) is 16.2 Å². The zero-order chi connectivity index (χ0) is 28.0. The lowest BCUT2D eigenvalue weighted by molar-refractivity contribution is -0.140. The van der Waals surface area contributed by atoms with Crippen LogP contribution < -0.4 is 15.1 Å². The Labute approximate surface area is 240 Å². The number of aliphatic hydroxyl groups is 1. The van der Waals surface area contributed by atoms with Crippen molar-refractivity contribution in [2.75, 3.05) is 49.6 Å². The van der Waals surface area contributed by atoms with Gasteiger partial charge in [-0.15, -0.1) is 5.10 Å². The van der Waals surface area contributed by atoms with E-state index in [2.05, 4.69) is 23.2 Å². The number of hydrogen-bond acceptors (Lipinski definition) is 11. The number of β-amino-alcohol motifs (C(OH)–C–C–N with tert-alkyl or cyclic N) is 1. The van der Waals surface area contributed by atoms with Gasteiger partial charge in [0.15, 0.2) is 10.9 Å². The lowest BCUT2D eigenvalue weighted by Gasteiger charge is -2.36. The molecule has 5 heterocycles. The number of nitriles is 1. The molecular formula is C27H31N9O2S2. The number of aryl methyl sites for hydroxylation is 2. The molecule has 0 bridgehead atoms. The molecule has 6 rings (SSSR count). The molecule has 2 aliphatic rings. The second-order valence-corrected chi connectivity index (χ2v) is 12.2. The minimum Gasteiger partial charge on any atom is -0.389 e. The summed E-state index contributed by atoms with van der Waals surface area (Å²) in [4.78, 5) is 29.3. The molecule has 2 fully saturated rings. The fourth-order valence-corrected chi connectivity index (χ4v) is 6.90. The van der Waals surface area contributed by atoms with E-state index in [1.807, 2.05) is 47.7 Å². The predicted octanol–water partition coefficient (Wildman–Crippen LogP) is 2.80. The van der Waals surface area contributed by atoms with Gasteiger partial charge in [-0.25, -0.2) is 9.97 Å². The third-order valence-electron chi connectivity index (χ3n) is 7.44. The number of likely N-dealkylation sites (tertiary alicyclic amines) is 1. The number of carbonyl (C=O) groups excluding carboxylic acids is 1. The summed E-state index contributed by atoms with van der Waals surface area (Å²) in [5.41, 5.74) is 3.69. The van der Waals surface area contributed by atoms with E-state index < -0.39 is 0 Å². The number of benzene rings is 1. The summed E-state index contributed by atoms with van der Waals surface area (Å²) in [7, 11) is 1.95. The quantitative estimate of drug-likeness (QED) is 0.325. The second-order valence-electron chi connectivity index (χ2n) is 10.3. The second kappa shape index (κ2) is 10.8. The molecule has 4 aromatic rings. The minimum absolute atomic E-state index is 0.0310. The zero-order valence-corrected chi connectivity index (χ0v) is 24.3. The molecule has 0 aliphatic carbocycles. The van der Waals surface area contributed by atoms with Gasteiger partial charge in [-0.2, -0.15) is 9.78 Å². The molecule has 1 atom stereocenters. The highest BCUT2D eigenvalue weighted by atomic mass is 32.1. The number of thiazole rings is 1. The highest BCUT2D eigenvalue weighted by Gasteiger charge is 2.31. The molecule has 3 aromatic heterocycles. The van der Waals surface area contributed by atoms with Gasteiger partial charge in [-0.05, 0) is 19.8 Å². The monoisotopic (exact) mass is 577 g/mol. The maximum atomic E-state index is 12.3. The Balaban J connectivity index is 1.21. The van der Waals surface area contributed by atoms with Crippen molar-refractivity contribution in [3.05, 3.63) is 40.4 Å². The number of imidazole rings is 1. The fourth-order valence-electron chi connectivity index (χ4n) is 5.10. The van der Waals surface area contributed by atoms with Gasteiger partial charge < -0.3 is 25.1 Å². The number of nitrogens with one attached hydrogen (secondary N) is 1. The first kappa shape index (κ1) is 26.6. The third-order valence-corrected chi connectivity index (χ3v) is 9.44. The number of aromatic nitrogens is 4. The summed E-state index contributed by atoms with van der Waals surface area (Å²) in [6, 6.07) is 10.6. The standard InChI is InChI=1S/C27H31N9O2S2/c1-4-20-24(33(3)25-31-23(21(11-28)39-25)17-7-5-16(2)6-8-17)36-26(30-20)40-27(32-36)34-10-9-18(13-34)29-12-22(38)35-14-19(37)15-35/h5-8,18-19,29,37H,4,9-10,12-15H2,1-3H3/t18-/m1/s1. The molecule has 2 N–H and O–H groups in total. The van der Waals surface area contributed by atoms with E-state index in [0.717, 1.165) is 58.7 Å². The Kier molecular flexibility index (Phi) is 7.18. The van der Waals surface area contributed by atoms with Crippen molar-refractivity contribution < 1.29 is 9.90 Å². The number of anilines is 3. The minimum atomic E-state index is -0.383. The van der Waals surface area contributed by atoms with Gasteiger partial charge in [-0.1, -0.05) is 59.4 Å². The summed E-state index contributed by atoms with van der Waals surface area (Å²) in [6.45, 7) is 6.85. The van der Waals surface area contributed by atoms with Gasteiger partial charge in [-0.3, -0.25) is 4.79 Å². The van der Waals surface area contributed by atoms with E-state index in [1.165, 1.54) is 11.3 Å². The number of carbonyl (C=O) groups is 1. The van der Waals surface area contributed by atoms with Gasteiger partial charge in [0, 0.05) is 44.8 Å². The van der Waals surface area contributed by atoms with Crippen LogP contribution in [0.4, 0.5) is 16.1 Å². The molecule has 1 amide bonds. The molecule has 208 valence electrons. The molecule has 0 spiro atoms. The number of hydrogen-bond donors (Lipinski definition) is 2. The molecular weight excluding hydrogens is 546 g/mol. The number of nitrogens with zero attached hydrogens (tertiary/aromatic N) is 8. The lowest BCUT2D eigenvalue weighted by Crippen LogP contribution is -2.56. The zero-order valence-electron chi connectivity index (χ0n) is 22.7. The van der Waals surface area contributed by atoms with Crippen LogP contribution >= 0.6 is 22.7 Å². The van der Waals surface area contributed by atoms with Crippen molar-refractivity contribution in [1.82, 2.24) is 29.8 Å². The van der Waals surface area contributed by atoms with Gasteiger partial charge >= 0.3 is 0 Å². The molecule has 0 saturated carbocycles. The molecule has 2 saturated heterocycles. The average Bonchev–Trinajstić information content (AvgIpc) is 3.72. The number of aliphatic hydroxyl groups excluding tert-OH is 1. The summed E-state index contributed by atoms with van der Waals surface area (Å²) < 4.78 is 1.89. The molecule has 0 radical (unpaired) electrons. The largest absolute Gasteiger partial charge is 0.389 e. The number of amides is 1. The van der Waals surface area contributed by atoms with Crippen LogP contribution in [0.3, 0.4) is 0 Å². The maximum Gasteiger partial charge on any atom is 0.236 e. The van der Waals surface area contributed by atoms with Crippen molar-refractivity contribution >= 4 is 49.6 Å². The summed E-state index contributed by atoms with van der Waals surface area (Å²) in [5.74, 6) is 0.883. The van der Waals surface area contributed by atoms with Crippen molar-refractivity contribution in [1.29, 1.82) is 5.26 Å². The van der Waals surface area contributed by atoms with Crippen LogP contribution in [-0.2, 0) is 11.2 Å². The first-order chi connectivity index (χ1) is 19.3. The predicted molar refractivity (Wildman–Crippen MR) is 157 cm³/mol. The first-order valence-electron chi connectivity index (χ1n) is 13.4. The van der Waals surface area contributed by atoms with Crippen molar-refractivity contribution in [3.63, 3.8) is 0 Å². The van der Waals surface area contributed by atoms with Gasteiger partial charge in [0.2, 0.25) is 16.0 Å². The maximum absolute atomic E-state index is 12.3. The van der Waals surface area contributed by atoms with E-state index in [-0.39, 0.29) is 24.6 Å². The number of rotatable bonds is 8. The Morgan fingerprint density at radius 3 is 2.70 bits per heavy atom. The molecule has 13 heteroatoms. The van der Waals surface area contributed by atoms with Crippen LogP contribution in [0.5, 0.6) is 0 Å². The molecule has 0 unspecified atom stereocenters. The topological polar surface area (TPSA) is 126 Å². The van der Waals surface area contributed by atoms with Gasteiger partial charge in [0.1, 0.15) is 16.6 Å². The van der Waals surface area contributed by atoms with Crippen LogP contribution in [0.2, 0.25) is 0 Å². The van der Waals surface area contributed by atoms with Crippen LogP contribution in [0.15, 0.2) is 24.3 Å². The van der Waals surface area contributed by atoms with E-state index in [9.17, 15) is 15.2 Å². The highest BCUT2D eigenvalue weighted by Crippen LogP contribution is 2.38. The fraction of sp³-hybridized carbons (Fsp3) is 0.444. The van der Waals surface area contributed by atoms with Gasteiger partial charge in [0.25, 0.3) is 0 Å². The average molecular weight is 578 g/mol. The van der Waals surface area contributed by atoms with Crippen LogP contribution in [0.1, 0.15) is 29.5 Å². The van der Waals surface area contributed by atoms with Crippen molar-refractivity contribution in [3.8, 4) is 17.3 Å². The number of fused-ring (bicyclic) bond motifs is 1. The van der Waals surface area contributed by atoms with Crippen molar-refractivity contribution in [2.24, 2.45) is 0 Å². The SMILES string of the molecule is CCc1nc2sc(N3CC[C@@H](NCC(=O)N4CC(O)C4)C3)nn2c1N(C)c1nc(-c2ccc(C)cc2)c(C#N)s1. The summed E-state index contributed by atoms with van der Waals surface area (Å²) in [5, 5.41) is 29.2. The van der Waals surface area contributed by atoms with Crippen LogP contribution in [-0.4, -0.2) is 87.4 Å². The van der Waals surface area contributed by atoms with Gasteiger partial charge in [0.05, 0.1) is 18.3 Å². The first-order valence-corrected chi connectivity index (χ1v) is 15.0. The van der Waals surface area contributed by atoms with E-state index in [0.29, 0.717) is 28.8 Å². The van der Waals surface area contributed by atoms with Crippen LogP contribution in [0, 0.1) is 18.3 Å². The Bertz CT molecular complexity index is 1580. The Morgan fingerprint density at radius 2 is 2.00 bits per heavy atom. The van der Waals surface area contributed by atoms with E-state index in [4.69, 9.17) is 15.1 Å². The summed E-state index contributed by atoms with van der Waals surface area (Å²) in [6.07, 6.45) is 1.28. The highest BCUT2D eigenvalue weighted by molar-refractivity contribution is 7.20. The molecule has 40 heavy (non-hydrogen) atoms. The Morgan fingerprint density at radius 1 is 1.23 bits per heavy atom. The van der Waals surface area contributed by atoms with Crippen molar-refractivity contribution in [2.45, 2.75) is 38.8 Å². The molecule has 2 aliphatic heterocycles. The molecule has 1 aromatic carbocycles. The summed E-state index contributed by atoms with van der Waals surface area (Å²) >= 11 is 2.92. The normalized spacial score (nSPS) is 17.4. The lowest BCUT2D eigenvalue weighted by atomic mass is 10.1.